The molecule has 1 amide bonds. The number of piperazine rings is 1. The fourth-order valence-electron chi connectivity index (χ4n) is 3.49. The Morgan fingerprint density at radius 3 is 2.64 bits per heavy atom. The second-order valence-electron chi connectivity index (χ2n) is 6.62. The van der Waals surface area contributed by atoms with E-state index in [9.17, 15) is 9.59 Å². The molecule has 1 saturated heterocycles. The van der Waals surface area contributed by atoms with Crippen molar-refractivity contribution in [2.24, 2.45) is 0 Å². The summed E-state index contributed by atoms with van der Waals surface area (Å²) in [5.74, 6) is 0.362. The summed E-state index contributed by atoms with van der Waals surface area (Å²) in [5, 5.41) is 0.540. The van der Waals surface area contributed by atoms with Crippen LogP contribution in [0.1, 0.15) is 17.3 Å². The highest BCUT2D eigenvalue weighted by Gasteiger charge is 2.25. The first-order valence-electron chi connectivity index (χ1n) is 9.24. The predicted molar refractivity (Wildman–Crippen MR) is 109 cm³/mol. The second kappa shape index (κ2) is 7.59. The van der Waals surface area contributed by atoms with Crippen molar-refractivity contribution in [3.05, 3.63) is 63.5 Å². The summed E-state index contributed by atoms with van der Waals surface area (Å²) >= 11 is 6.00. The zero-order valence-electron chi connectivity index (χ0n) is 15.5. The summed E-state index contributed by atoms with van der Waals surface area (Å²) in [4.78, 5) is 38.2. The van der Waals surface area contributed by atoms with Crippen molar-refractivity contribution >= 4 is 34.5 Å². The largest absolute Gasteiger partial charge is 0.348 e. The second-order valence-corrected chi connectivity index (χ2v) is 7.06. The molecule has 0 saturated carbocycles. The Morgan fingerprint density at radius 1 is 1.14 bits per heavy atom. The first-order chi connectivity index (χ1) is 13.6. The van der Waals surface area contributed by atoms with Crippen LogP contribution in [0.2, 0.25) is 5.02 Å². The average molecular weight is 398 g/mol. The van der Waals surface area contributed by atoms with E-state index in [0.29, 0.717) is 60.3 Å². The van der Waals surface area contributed by atoms with E-state index in [4.69, 9.17) is 11.6 Å². The van der Waals surface area contributed by atoms with E-state index in [1.165, 1.54) is 0 Å². The number of aromatic nitrogens is 3. The standard InChI is InChI=1S/C20H20ClN5O2/c1-2-26-17-16(7-4-8-22-17)23-18(20(26)28)24-9-11-25(12-10-24)19(27)14-5-3-6-15(21)13-14/h3-8,13H,2,9-12H2,1H3. The van der Waals surface area contributed by atoms with Crippen LogP contribution in [0.3, 0.4) is 0 Å². The molecular weight excluding hydrogens is 378 g/mol. The topological polar surface area (TPSA) is 71.3 Å². The molecule has 0 unspecified atom stereocenters. The van der Waals surface area contributed by atoms with Gasteiger partial charge in [-0.1, -0.05) is 17.7 Å². The number of anilines is 1. The number of aryl methyl sites for hydroxylation is 1. The first-order valence-corrected chi connectivity index (χ1v) is 9.61. The fraction of sp³-hybridized carbons (Fsp3) is 0.300. The monoisotopic (exact) mass is 397 g/mol. The Bertz CT molecular complexity index is 1090. The van der Waals surface area contributed by atoms with Crippen LogP contribution < -0.4 is 10.5 Å². The number of carbonyl (C=O) groups is 1. The van der Waals surface area contributed by atoms with Crippen molar-refractivity contribution in [3.8, 4) is 0 Å². The van der Waals surface area contributed by atoms with Gasteiger partial charge in [0, 0.05) is 49.5 Å². The molecule has 2 aromatic heterocycles. The summed E-state index contributed by atoms with van der Waals surface area (Å²) in [5.41, 5.74) is 1.71. The number of amides is 1. The Kier molecular flexibility index (Phi) is 5.00. The summed E-state index contributed by atoms with van der Waals surface area (Å²) in [6.07, 6.45) is 1.66. The molecule has 28 heavy (non-hydrogen) atoms. The lowest BCUT2D eigenvalue weighted by Crippen LogP contribution is -2.50. The Balaban J connectivity index is 1.56. The molecule has 0 radical (unpaired) electrons. The number of rotatable bonds is 3. The van der Waals surface area contributed by atoms with Gasteiger partial charge in [0.15, 0.2) is 11.5 Å². The number of pyridine rings is 1. The molecule has 1 aromatic carbocycles. The van der Waals surface area contributed by atoms with Crippen molar-refractivity contribution in [2.45, 2.75) is 13.5 Å². The molecule has 0 spiro atoms. The van der Waals surface area contributed by atoms with Crippen molar-refractivity contribution in [1.29, 1.82) is 0 Å². The third kappa shape index (κ3) is 3.33. The smallest absolute Gasteiger partial charge is 0.295 e. The lowest BCUT2D eigenvalue weighted by molar-refractivity contribution is 0.0746. The molecule has 3 aromatic rings. The molecule has 8 heteroatoms. The maximum Gasteiger partial charge on any atom is 0.295 e. The molecule has 4 rings (SSSR count). The van der Waals surface area contributed by atoms with Gasteiger partial charge in [-0.3, -0.25) is 14.2 Å². The molecule has 1 aliphatic rings. The summed E-state index contributed by atoms with van der Waals surface area (Å²) in [6, 6.07) is 10.6. The minimum Gasteiger partial charge on any atom is -0.348 e. The van der Waals surface area contributed by atoms with Crippen LogP contribution in [-0.4, -0.2) is 51.5 Å². The van der Waals surface area contributed by atoms with E-state index in [1.807, 2.05) is 24.0 Å². The fourth-order valence-corrected chi connectivity index (χ4v) is 3.68. The number of fused-ring (bicyclic) bond motifs is 1. The molecule has 0 N–H and O–H groups in total. The number of halogens is 1. The van der Waals surface area contributed by atoms with Crippen LogP contribution in [0, 0.1) is 0 Å². The zero-order valence-corrected chi connectivity index (χ0v) is 16.3. The Labute approximate surface area is 167 Å². The lowest BCUT2D eigenvalue weighted by Gasteiger charge is -2.35. The van der Waals surface area contributed by atoms with Crippen molar-refractivity contribution in [1.82, 2.24) is 19.4 Å². The zero-order chi connectivity index (χ0) is 19.7. The minimum absolute atomic E-state index is 0.0520. The molecule has 1 fully saturated rings. The van der Waals surface area contributed by atoms with Gasteiger partial charge >= 0.3 is 0 Å². The quantitative estimate of drug-likeness (QED) is 0.678. The van der Waals surface area contributed by atoms with Gasteiger partial charge in [-0.2, -0.15) is 0 Å². The number of benzene rings is 1. The van der Waals surface area contributed by atoms with Crippen molar-refractivity contribution in [3.63, 3.8) is 0 Å². The highest BCUT2D eigenvalue weighted by Crippen LogP contribution is 2.17. The van der Waals surface area contributed by atoms with Crippen molar-refractivity contribution in [2.75, 3.05) is 31.1 Å². The molecule has 0 aliphatic carbocycles. The van der Waals surface area contributed by atoms with E-state index in [1.54, 1.807) is 39.9 Å². The third-order valence-corrected chi connectivity index (χ3v) is 5.17. The van der Waals surface area contributed by atoms with Gasteiger partial charge in [0.2, 0.25) is 0 Å². The minimum atomic E-state index is -0.150. The van der Waals surface area contributed by atoms with Gasteiger partial charge < -0.3 is 9.80 Å². The lowest BCUT2D eigenvalue weighted by atomic mass is 10.2. The van der Waals surface area contributed by atoms with E-state index >= 15 is 0 Å². The Hall–Kier alpha value is -2.93. The predicted octanol–water partition coefficient (Wildman–Crippen LogP) is 2.43. The SMILES string of the molecule is CCn1c(=O)c(N2CCN(C(=O)c3cccc(Cl)c3)CC2)nc2cccnc21. The number of hydrogen-bond donors (Lipinski definition) is 0. The summed E-state index contributed by atoms with van der Waals surface area (Å²) in [6.45, 7) is 4.57. The molecule has 1 aliphatic heterocycles. The van der Waals surface area contributed by atoms with E-state index in [2.05, 4.69) is 9.97 Å². The van der Waals surface area contributed by atoms with Crippen LogP contribution in [0.5, 0.6) is 0 Å². The van der Waals surface area contributed by atoms with Crippen LogP contribution in [-0.2, 0) is 6.54 Å². The average Bonchev–Trinajstić information content (AvgIpc) is 2.73. The normalized spacial score (nSPS) is 14.5. The van der Waals surface area contributed by atoms with E-state index in [-0.39, 0.29) is 11.5 Å². The van der Waals surface area contributed by atoms with Gasteiger partial charge in [-0.25, -0.2) is 9.97 Å². The number of nitrogens with zero attached hydrogens (tertiary/aromatic N) is 5. The van der Waals surface area contributed by atoms with Gasteiger partial charge in [0.05, 0.1) is 0 Å². The number of hydrogen-bond acceptors (Lipinski definition) is 5. The maximum atomic E-state index is 12.9. The van der Waals surface area contributed by atoms with Gasteiger partial charge in [-0.05, 0) is 37.3 Å². The molecule has 0 atom stereocenters. The van der Waals surface area contributed by atoms with Crippen LogP contribution in [0.4, 0.5) is 5.82 Å². The molecule has 0 bridgehead atoms. The molecule has 3 heterocycles. The van der Waals surface area contributed by atoms with Crippen molar-refractivity contribution < 1.29 is 4.79 Å². The first kappa shape index (κ1) is 18.4. The van der Waals surface area contributed by atoms with Crippen LogP contribution in [0.15, 0.2) is 47.4 Å². The third-order valence-electron chi connectivity index (χ3n) is 4.94. The van der Waals surface area contributed by atoms with Crippen LogP contribution >= 0.6 is 11.6 Å². The summed E-state index contributed by atoms with van der Waals surface area (Å²) < 4.78 is 1.64. The van der Waals surface area contributed by atoms with Gasteiger partial charge in [-0.15, -0.1) is 0 Å². The van der Waals surface area contributed by atoms with E-state index < -0.39 is 0 Å². The maximum absolute atomic E-state index is 12.9. The van der Waals surface area contributed by atoms with E-state index in [0.717, 1.165) is 0 Å². The van der Waals surface area contributed by atoms with Gasteiger partial charge in [0.1, 0.15) is 5.52 Å². The highest BCUT2D eigenvalue weighted by atomic mass is 35.5. The molecular formula is C20H20ClN5O2. The summed E-state index contributed by atoms with van der Waals surface area (Å²) in [7, 11) is 0. The molecule has 7 nitrogen and oxygen atoms in total. The highest BCUT2D eigenvalue weighted by molar-refractivity contribution is 6.30. The Morgan fingerprint density at radius 2 is 1.93 bits per heavy atom. The van der Waals surface area contributed by atoms with Gasteiger partial charge in [0.25, 0.3) is 11.5 Å². The van der Waals surface area contributed by atoms with Crippen LogP contribution in [0.25, 0.3) is 11.2 Å². The number of carbonyl (C=O) groups excluding carboxylic acids is 1. The molecule has 144 valence electrons.